The number of aromatic nitrogens is 2. The minimum Gasteiger partial charge on any atom is -0.456 e. The fourth-order valence-electron chi connectivity index (χ4n) is 1.82. The lowest BCUT2D eigenvalue weighted by atomic mass is 10.2. The van der Waals surface area contributed by atoms with Crippen molar-refractivity contribution < 1.29 is 9.53 Å². The molecule has 2 aromatic rings. The number of carbonyl (C=O) groups is 1. The summed E-state index contributed by atoms with van der Waals surface area (Å²) in [4.78, 5) is 12.0. The van der Waals surface area contributed by atoms with Crippen LogP contribution in [0.4, 0.5) is 5.69 Å². The number of nitrogens with zero attached hydrogens (tertiary/aromatic N) is 2. The van der Waals surface area contributed by atoms with Gasteiger partial charge in [0.1, 0.15) is 6.61 Å². The second-order valence-corrected chi connectivity index (χ2v) is 4.53. The van der Waals surface area contributed by atoms with Gasteiger partial charge in [-0.25, -0.2) is 4.79 Å². The number of hydrogen-bond acceptors (Lipinski definition) is 4. The lowest BCUT2D eigenvalue weighted by Crippen LogP contribution is -2.12. The van der Waals surface area contributed by atoms with Crippen LogP contribution in [0.1, 0.15) is 27.3 Å². The molecular weight excluding hydrogens is 242 g/mol. The number of carbonyl (C=O) groups excluding carboxylic acids is 1. The third kappa shape index (κ3) is 2.76. The monoisotopic (exact) mass is 259 g/mol. The Balaban J connectivity index is 2.07. The number of nitrogens with two attached hydrogens (primary N) is 1. The number of aryl methyl sites for hydroxylation is 3. The Morgan fingerprint density at radius 1 is 1.32 bits per heavy atom. The van der Waals surface area contributed by atoms with Gasteiger partial charge in [-0.3, -0.25) is 4.68 Å². The number of benzene rings is 1. The molecule has 0 saturated heterocycles. The molecule has 100 valence electrons. The van der Waals surface area contributed by atoms with Gasteiger partial charge in [0.15, 0.2) is 5.69 Å². The minimum atomic E-state index is -0.457. The smallest absolute Gasteiger partial charge is 0.359 e. The zero-order valence-corrected chi connectivity index (χ0v) is 11.3. The fraction of sp³-hybridized carbons (Fsp3) is 0.286. The molecule has 2 rings (SSSR count). The molecule has 1 heterocycles. The van der Waals surface area contributed by atoms with Crippen LogP contribution < -0.4 is 5.73 Å². The first-order chi connectivity index (χ1) is 8.99. The van der Waals surface area contributed by atoms with Gasteiger partial charge in [-0.1, -0.05) is 29.8 Å². The van der Waals surface area contributed by atoms with Crippen LogP contribution >= 0.6 is 0 Å². The average Bonchev–Trinajstić information content (AvgIpc) is 2.62. The summed E-state index contributed by atoms with van der Waals surface area (Å²) in [5.74, 6) is -0.457. The third-order valence-electron chi connectivity index (χ3n) is 2.95. The Kier molecular flexibility index (Phi) is 3.55. The summed E-state index contributed by atoms with van der Waals surface area (Å²) >= 11 is 0. The molecule has 0 unspecified atom stereocenters. The van der Waals surface area contributed by atoms with Crippen molar-refractivity contribution in [2.45, 2.75) is 20.5 Å². The van der Waals surface area contributed by atoms with Crippen LogP contribution in [-0.2, 0) is 18.4 Å². The first-order valence-electron chi connectivity index (χ1n) is 6.00. The number of nitrogen functional groups attached to an aromatic ring is 1. The van der Waals surface area contributed by atoms with Crippen LogP contribution in [0.2, 0.25) is 0 Å². The Labute approximate surface area is 112 Å². The van der Waals surface area contributed by atoms with Crippen molar-refractivity contribution in [2.24, 2.45) is 7.05 Å². The molecule has 0 aliphatic heterocycles. The summed E-state index contributed by atoms with van der Waals surface area (Å²) in [5.41, 5.74) is 9.22. The van der Waals surface area contributed by atoms with Crippen molar-refractivity contribution in [3.8, 4) is 0 Å². The highest BCUT2D eigenvalue weighted by Gasteiger charge is 2.19. The summed E-state index contributed by atoms with van der Waals surface area (Å²) in [6.07, 6.45) is 0. The Bertz CT molecular complexity index is 600. The van der Waals surface area contributed by atoms with E-state index in [4.69, 9.17) is 10.5 Å². The van der Waals surface area contributed by atoms with Crippen LogP contribution in [-0.4, -0.2) is 15.7 Å². The highest BCUT2D eigenvalue weighted by molar-refractivity contribution is 5.93. The molecule has 0 spiro atoms. The standard InChI is InChI=1S/C14H17N3O2/c1-9-4-6-11(7-5-9)8-19-14(18)13-12(15)10(2)16-17(13)3/h4-7H,8,15H2,1-3H3. The van der Waals surface area contributed by atoms with E-state index in [-0.39, 0.29) is 6.61 Å². The SMILES string of the molecule is Cc1ccc(COC(=O)c2c(N)c(C)nn2C)cc1. The molecule has 0 amide bonds. The van der Waals surface area contributed by atoms with Gasteiger partial charge in [0.2, 0.25) is 0 Å². The summed E-state index contributed by atoms with van der Waals surface area (Å²) < 4.78 is 6.70. The van der Waals surface area contributed by atoms with Crippen molar-refractivity contribution in [2.75, 3.05) is 5.73 Å². The van der Waals surface area contributed by atoms with E-state index in [1.54, 1.807) is 14.0 Å². The summed E-state index contributed by atoms with van der Waals surface area (Å²) in [6.45, 7) is 3.99. The van der Waals surface area contributed by atoms with Gasteiger partial charge in [0.25, 0.3) is 0 Å². The highest BCUT2D eigenvalue weighted by Crippen LogP contribution is 2.17. The molecule has 5 nitrogen and oxygen atoms in total. The number of esters is 1. The Morgan fingerprint density at radius 2 is 1.95 bits per heavy atom. The largest absolute Gasteiger partial charge is 0.456 e. The molecule has 0 atom stereocenters. The predicted octanol–water partition coefficient (Wildman–Crippen LogP) is 1.98. The van der Waals surface area contributed by atoms with E-state index in [9.17, 15) is 4.79 Å². The molecule has 0 aliphatic rings. The van der Waals surface area contributed by atoms with Crippen LogP contribution in [0.3, 0.4) is 0 Å². The van der Waals surface area contributed by atoms with Crippen molar-refractivity contribution in [1.82, 2.24) is 9.78 Å². The maximum Gasteiger partial charge on any atom is 0.359 e. The number of hydrogen-bond donors (Lipinski definition) is 1. The number of rotatable bonds is 3. The second-order valence-electron chi connectivity index (χ2n) is 4.53. The van der Waals surface area contributed by atoms with Crippen LogP contribution in [0.15, 0.2) is 24.3 Å². The number of ether oxygens (including phenoxy) is 1. The van der Waals surface area contributed by atoms with E-state index in [1.807, 2.05) is 31.2 Å². The first kappa shape index (κ1) is 13.1. The van der Waals surface area contributed by atoms with Crippen molar-refractivity contribution >= 4 is 11.7 Å². The Hall–Kier alpha value is -2.30. The van der Waals surface area contributed by atoms with Gasteiger partial charge in [0, 0.05) is 7.05 Å². The van der Waals surface area contributed by atoms with Gasteiger partial charge in [-0.15, -0.1) is 0 Å². The van der Waals surface area contributed by atoms with E-state index in [1.165, 1.54) is 10.2 Å². The predicted molar refractivity (Wildman–Crippen MR) is 72.7 cm³/mol. The van der Waals surface area contributed by atoms with Gasteiger partial charge in [-0.2, -0.15) is 5.10 Å². The molecule has 1 aromatic carbocycles. The third-order valence-corrected chi connectivity index (χ3v) is 2.95. The van der Waals surface area contributed by atoms with Gasteiger partial charge < -0.3 is 10.5 Å². The topological polar surface area (TPSA) is 70.1 Å². The lowest BCUT2D eigenvalue weighted by Gasteiger charge is -2.06. The Morgan fingerprint density at radius 3 is 2.47 bits per heavy atom. The molecule has 0 radical (unpaired) electrons. The molecule has 5 heteroatoms. The van der Waals surface area contributed by atoms with Crippen molar-refractivity contribution in [3.63, 3.8) is 0 Å². The van der Waals surface area contributed by atoms with Crippen molar-refractivity contribution in [3.05, 3.63) is 46.8 Å². The maximum atomic E-state index is 12.0. The molecule has 0 aliphatic carbocycles. The molecule has 0 bridgehead atoms. The number of anilines is 1. The minimum absolute atomic E-state index is 0.225. The second kappa shape index (κ2) is 5.14. The van der Waals surface area contributed by atoms with Crippen LogP contribution in [0.5, 0.6) is 0 Å². The van der Waals surface area contributed by atoms with E-state index in [0.29, 0.717) is 17.1 Å². The van der Waals surface area contributed by atoms with E-state index in [2.05, 4.69) is 5.10 Å². The first-order valence-corrected chi connectivity index (χ1v) is 6.00. The van der Waals surface area contributed by atoms with Gasteiger partial charge in [-0.05, 0) is 19.4 Å². The lowest BCUT2D eigenvalue weighted by molar-refractivity contribution is 0.0461. The summed E-state index contributed by atoms with van der Waals surface area (Å²) in [5, 5.41) is 4.09. The molecule has 1 aromatic heterocycles. The zero-order valence-electron chi connectivity index (χ0n) is 11.3. The van der Waals surface area contributed by atoms with Crippen LogP contribution in [0, 0.1) is 13.8 Å². The van der Waals surface area contributed by atoms with Gasteiger partial charge in [0.05, 0.1) is 11.4 Å². The molecule has 19 heavy (non-hydrogen) atoms. The van der Waals surface area contributed by atoms with E-state index >= 15 is 0 Å². The zero-order chi connectivity index (χ0) is 14.0. The van der Waals surface area contributed by atoms with Crippen molar-refractivity contribution in [1.29, 1.82) is 0 Å². The highest BCUT2D eigenvalue weighted by atomic mass is 16.5. The van der Waals surface area contributed by atoms with E-state index < -0.39 is 5.97 Å². The maximum absolute atomic E-state index is 12.0. The molecule has 0 saturated carbocycles. The normalized spacial score (nSPS) is 10.5. The van der Waals surface area contributed by atoms with E-state index in [0.717, 1.165) is 5.56 Å². The molecule has 0 fully saturated rings. The average molecular weight is 259 g/mol. The summed E-state index contributed by atoms with van der Waals surface area (Å²) in [7, 11) is 1.67. The summed E-state index contributed by atoms with van der Waals surface area (Å²) in [6, 6.07) is 7.82. The van der Waals surface area contributed by atoms with Gasteiger partial charge >= 0.3 is 5.97 Å². The quantitative estimate of drug-likeness (QED) is 0.856. The van der Waals surface area contributed by atoms with Crippen LogP contribution in [0.25, 0.3) is 0 Å². The molecule has 2 N–H and O–H groups in total. The molecular formula is C14H17N3O2. The fourth-order valence-corrected chi connectivity index (χ4v) is 1.82.